The summed E-state index contributed by atoms with van der Waals surface area (Å²) in [6.45, 7) is 0. The minimum atomic E-state index is 1.09. The summed E-state index contributed by atoms with van der Waals surface area (Å²) in [6.07, 6.45) is 2.18. The van der Waals surface area contributed by atoms with Crippen molar-refractivity contribution in [3.8, 4) is 11.4 Å². The lowest BCUT2D eigenvalue weighted by atomic mass is 10.1. The lowest BCUT2D eigenvalue weighted by Gasteiger charge is -2.28. The van der Waals surface area contributed by atoms with E-state index in [4.69, 9.17) is 0 Å². The van der Waals surface area contributed by atoms with Gasteiger partial charge >= 0.3 is 0 Å². The Hall–Kier alpha value is -6.52. The van der Waals surface area contributed by atoms with Crippen molar-refractivity contribution in [3.05, 3.63) is 182 Å². The normalized spacial score (nSPS) is 11.8. The van der Waals surface area contributed by atoms with Gasteiger partial charge in [0, 0.05) is 44.5 Å². The molecule has 0 fully saturated rings. The molecule has 7 aromatic carbocycles. The fraction of sp³-hybridized carbons (Fsp3) is 0. The molecule has 0 amide bonds. The van der Waals surface area contributed by atoms with Gasteiger partial charge in [0.15, 0.2) is 0 Å². The number of aromatic nitrogens is 3. The molecule has 226 valence electrons. The highest BCUT2D eigenvalue weighted by atomic mass is 15.6. The molecular weight excluding hydrogens is 585 g/mol. The van der Waals surface area contributed by atoms with Crippen LogP contribution in [0.2, 0.25) is 0 Å². The monoisotopic (exact) mass is 614 g/mol. The molecule has 0 bridgehead atoms. The highest BCUT2D eigenvalue weighted by Crippen LogP contribution is 2.42. The minimum absolute atomic E-state index is 1.09. The Morgan fingerprint density at radius 1 is 0.354 bits per heavy atom. The van der Waals surface area contributed by atoms with E-state index < -0.39 is 0 Å². The van der Waals surface area contributed by atoms with Crippen LogP contribution in [0.3, 0.4) is 0 Å². The number of anilines is 2. The molecule has 10 aromatic rings. The summed E-state index contributed by atoms with van der Waals surface area (Å²) >= 11 is 0. The summed E-state index contributed by atoms with van der Waals surface area (Å²) in [5.41, 5.74) is 10.3. The maximum absolute atomic E-state index is 2.42. The van der Waals surface area contributed by atoms with Gasteiger partial charge in [-0.25, -0.2) is 9.69 Å². The van der Waals surface area contributed by atoms with E-state index in [9.17, 15) is 0 Å². The highest BCUT2D eigenvalue weighted by molar-refractivity contribution is 6.20. The fourth-order valence-electron chi connectivity index (χ4n) is 7.49. The van der Waals surface area contributed by atoms with Crippen molar-refractivity contribution >= 4 is 65.9 Å². The molecular formula is C44H30N4. The SMILES string of the molecule is c1ccc(N(c2ccccc2)n2c3cc4ccn(-c5ccccc5)c4cc3c3cc4c5ccccc5n(-c5ccccc5)c4cc32)cc1. The van der Waals surface area contributed by atoms with E-state index in [1.54, 1.807) is 0 Å². The summed E-state index contributed by atoms with van der Waals surface area (Å²) in [4.78, 5) is 0. The first-order valence-corrected chi connectivity index (χ1v) is 16.4. The van der Waals surface area contributed by atoms with Crippen LogP contribution in [0.4, 0.5) is 11.4 Å². The van der Waals surface area contributed by atoms with Crippen LogP contribution < -0.4 is 5.01 Å². The minimum Gasteiger partial charge on any atom is -0.317 e. The molecule has 0 N–H and O–H groups in total. The molecule has 0 aliphatic rings. The van der Waals surface area contributed by atoms with E-state index in [1.807, 2.05) is 0 Å². The molecule has 0 aliphatic heterocycles. The first-order chi connectivity index (χ1) is 23.8. The van der Waals surface area contributed by atoms with Gasteiger partial charge in [-0.3, -0.25) is 0 Å². The maximum Gasteiger partial charge on any atom is 0.0737 e. The lowest BCUT2D eigenvalue weighted by molar-refractivity contribution is 0.887. The Labute approximate surface area is 277 Å². The summed E-state index contributed by atoms with van der Waals surface area (Å²) in [6, 6.07) is 63.2. The maximum atomic E-state index is 2.42. The van der Waals surface area contributed by atoms with Gasteiger partial charge in [0.2, 0.25) is 0 Å². The van der Waals surface area contributed by atoms with Crippen LogP contribution in [0, 0.1) is 0 Å². The van der Waals surface area contributed by atoms with Crippen LogP contribution in [-0.4, -0.2) is 13.8 Å². The van der Waals surface area contributed by atoms with Crippen molar-refractivity contribution < 1.29 is 0 Å². The fourth-order valence-corrected chi connectivity index (χ4v) is 7.49. The van der Waals surface area contributed by atoms with Gasteiger partial charge in [0.1, 0.15) is 0 Å². The topological polar surface area (TPSA) is 18.0 Å². The van der Waals surface area contributed by atoms with Crippen molar-refractivity contribution in [1.29, 1.82) is 0 Å². The van der Waals surface area contributed by atoms with E-state index in [0.717, 1.165) is 33.8 Å². The molecule has 0 saturated carbocycles. The van der Waals surface area contributed by atoms with Crippen molar-refractivity contribution in [1.82, 2.24) is 13.8 Å². The summed E-state index contributed by atoms with van der Waals surface area (Å²) in [5.74, 6) is 0. The molecule has 0 spiro atoms. The first kappa shape index (κ1) is 26.7. The summed E-state index contributed by atoms with van der Waals surface area (Å²) in [5, 5.41) is 8.46. The van der Waals surface area contributed by atoms with Crippen LogP contribution in [-0.2, 0) is 0 Å². The predicted octanol–water partition coefficient (Wildman–Crippen LogP) is 11.4. The van der Waals surface area contributed by atoms with Gasteiger partial charge in [-0.15, -0.1) is 0 Å². The van der Waals surface area contributed by atoms with Gasteiger partial charge < -0.3 is 9.13 Å². The number of nitrogens with zero attached hydrogens (tertiary/aromatic N) is 4. The molecule has 0 unspecified atom stereocenters. The zero-order valence-electron chi connectivity index (χ0n) is 26.1. The molecule has 4 nitrogen and oxygen atoms in total. The van der Waals surface area contributed by atoms with Gasteiger partial charge in [-0.2, -0.15) is 0 Å². The highest BCUT2D eigenvalue weighted by Gasteiger charge is 2.23. The zero-order valence-corrected chi connectivity index (χ0v) is 26.1. The third-order valence-corrected chi connectivity index (χ3v) is 9.59. The van der Waals surface area contributed by atoms with Crippen LogP contribution in [0.1, 0.15) is 0 Å². The number of benzene rings is 7. The van der Waals surface area contributed by atoms with Crippen LogP contribution >= 0.6 is 0 Å². The molecule has 4 heteroatoms. The average molecular weight is 615 g/mol. The summed E-state index contributed by atoms with van der Waals surface area (Å²) in [7, 11) is 0. The second-order valence-corrected chi connectivity index (χ2v) is 12.3. The average Bonchev–Trinajstić information content (AvgIpc) is 3.81. The number of hydrogen-bond donors (Lipinski definition) is 0. The Morgan fingerprint density at radius 2 is 0.896 bits per heavy atom. The van der Waals surface area contributed by atoms with E-state index in [0.29, 0.717) is 0 Å². The van der Waals surface area contributed by atoms with Crippen molar-refractivity contribution in [2.45, 2.75) is 0 Å². The Balaban J connectivity index is 1.39. The van der Waals surface area contributed by atoms with Crippen molar-refractivity contribution in [2.75, 3.05) is 5.01 Å². The molecule has 0 radical (unpaired) electrons. The van der Waals surface area contributed by atoms with Gasteiger partial charge in [0.05, 0.1) is 39.0 Å². The van der Waals surface area contributed by atoms with E-state index in [-0.39, 0.29) is 0 Å². The predicted molar refractivity (Wildman–Crippen MR) is 201 cm³/mol. The van der Waals surface area contributed by atoms with E-state index in [1.165, 1.54) is 43.5 Å². The number of rotatable bonds is 5. The smallest absolute Gasteiger partial charge is 0.0737 e. The lowest BCUT2D eigenvalue weighted by Crippen LogP contribution is -2.23. The molecule has 10 rings (SSSR count). The summed E-state index contributed by atoms with van der Waals surface area (Å²) < 4.78 is 7.12. The number of hydrogen-bond acceptors (Lipinski definition) is 1. The Bertz CT molecular complexity index is 2720. The first-order valence-electron chi connectivity index (χ1n) is 16.4. The van der Waals surface area contributed by atoms with Gasteiger partial charge in [0.25, 0.3) is 0 Å². The van der Waals surface area contributed by atoms with Crippen LogP contribution in [0.5, 0.6) is 0 Å². The van der Waals surface area contributed by atoms with Crippen molar-refractivity contribution in [3.63, 3.8) is 0 Å². The second kappa shape index (κ2) is 10.5. The number of fused-ring (bicyclic) bond motifs is 7. The Morgan fingerprint density at radius 3 is 1.58 bits per heavy atom. The molecule has 0 aliphatic carbocycles. The number of para-hydroxylation sites is 5. The molecule has 3 heterocycles. The molecule has 48 heavy (non-hydrogen) atoms. The van der Waals surface area contributed by atoms with E-state index in [2.05, 4.69) is 201 Å². The molecule has 0 saturated heterocycles. The van der Waals surface area contributed by atoms with Crippen LogP contribution in [0.15, 0.2) is 182 Å². The quantitative estimate of drug-likeness (QED) is 0.189. The third kappa shape index (κ3) is 3.96. The third-order valence-electron chi connectivity index (χ3n) is 9.59. The Kier molecular flexibility index (Phi) is 5.84. The molecule has 3 aromatic heterocycles. The standard InChI is InChI=1S/C44H30N4/c1-5-15-32(16-6-1)45-26-25-31-27-43-39(29-41(31)45)38-28-37-36-23-13-14-24-40(36)46(33-17-7-2-8-18-33)42(37)30-44(38)48(43)47(34-19-9-3-10-20-34)35-21-11-4-12-22-35/h1-30H. The largest absolute Gasteiger partial charge is 0.317 e. The van der Waals surface area contributed by atoms with Crippen LogP contribution in [0.25, 0.3) is 65.9 Å². The molecule has 0 atom stereocenters. The zero-order chi connectivity index (χ0) is 31.6. The second-order valence-electron chi connectivity index (χ2n) is 12.3. The van der Waals surface area contributed by atoms with Crippen molar-refractivity contribution in [2.24, 2.45) is 0 Å². The van der Waals surface area contributed by atoms with E-state index >= 15 is 0 Å². The van der Waals surface area contributed by atoms with Gasteiger partial charge in [-0.05, 0) is 84.9 Å². The van der Waals surface area contributed by atoms with Gasteiger partial charge in [-0.1, -0.05) is 91.0 Å².